The van der Waals surface area contributed by atoms with Crippen LogP contribution in [0.25, 0.3) is 9.88 Å². The number of halogens is 1. The molecule has 0 spiro atoms. The van der Waals surface area contributed by atoms with E-state index in [1.165, 1.54) is 11.3 Å². The zero-order valence-electron chi connectivity index (χ0n) is 9.53. The molecule has 0 aliphatic carbocycles. The average Bonchev–Trinajstić information content (AvgIpc) is 2.85. The molecule has 16 heavy (non-hydrogen) atoms. The number of rotatable bonds is 2. The summed E-state index contributed by atoms with van der Waals surface area (Å²) in [5.41, 5.74) is 0.168. The second-order valence-electron chi connectivity index (χ2n) is 4.78. The maximum atomic E-state index is 14.0. The molecule has 0 radical (unpaired) electrons. The first-order chi connectivity index (χ1) is 7.48. The summed E-state index contributed by atoms with van der Waals surface area (Å²) in [5, 5.41) is 4.75. The van der Waals surface area contributed by atoms with E-state index in [9.17, 15) is 4.39 Å². The van der Waals surface area contributed by atoms with Gasteiger partial charge in [-0.3, -0.25) is 0 Å². The fourth-order valence-corrected chi connectivity index (χ4v) is 3.00. The van der Waals surface area contributed by atoms with Crippen LogP contribution in [0.15, 0.2) is 22.9 Å². The van der Waals surface area contributed by atoms with E-state index in [1.807, 2.05) is 43.7 Å². The smallest absolute Gasteiger partial charge is 0.148 e. The number of hydrogen-bond acceptors (Lipinski definition) is 3. The highest BCUT2D eigenvalue weighted by Gasteiger charge is 2.28. The zero-order chi connectivity index (χ0) is 11.8. The second-order valence-corrected chi connectivity index (χ2v) is 6.59. The van der Waals surface area contributed by atoms with Crippen molar-refractivity contribution < 1.29 is 4.39 Å². The molecular formula is C12H14FNS2. The van der Waals surface area contributed by atoms with Crippen molar-refractivity contribution in [2.75, 3.05) is 0 Å². The van der Waals surface area contributed by atoms with Gasteiger partial charge in [0.2, 0.25) is 0 Å². The van der Waals surface area contributed by atoms with E-state index in [1.54, 1.807) is 11.3 Å². The standard InChI is InChI=1S/C12H14FNS2/c1-12(2,3)10(13)8-7-16-11(14-8)9-5-4-6-15-9/h4-7,10H,1-3H3. The van der Waals surface area contributed by atoms with E-state index in [4.69, 9.17) is 0 Å². The monoisotopic (exact) mass is 255 g/mol. The summed E-state index contributed by atoms with van der Waals surface area (Å²) < 4.78 is 14.0. The van der Waals surface area contributed by atoms with Crippen LogP contribution in [-0.4, -0.2) is 4.98 Å². The van der Waals surface area contributed by atoms with Gasteiger partial charge in [-0.25, -0.2) is 9.37 Å². The van der Waals surface area contributed by atoms with Gasteiger partial charge < -0.3 is 0 Å². The summed E-state index contributed by atoms with van der Waals surface area (Å²) >= 11 is 3.15. The quantitative estimate of drug-likeness (QED) is 0.741. The Morgan fingerprint density at radius 3 is 2.62 bits per heavy atom. The molecule has 2 heterocycles. The first-order valence-corrected chi connectivity index (χ1v) is 6.88. The van der Waals surface area contributed by atoms with Gasteiger partial charge in [0.15, 0.2) is 0 Å². The predicted octanol–water partition coefficient (Wildman–Crippen LogP) is 4.93. The van der Waals surface area contributed by atoms with E-state index in [2.05, 4.69) is 4.98 Å². The van der Waals surface area contributed by atoms with Gasteiger partial charge in [0.05, 0.1) is 10.6 Å². The minimum Gasteiger partial charge on any atom is -0.240 e. The van der Waals surface area contributed by atoms with Gasteiger partial charge >= 0.3 is 0 Å². The average molecular weight is 255 g/mol. The fourth-order valence-electron chi connectivity index (χ4n) is 1.36. The lowest BCUT2D eigenvalue weighted by atomic mass is 9.89. The van der Waals surface area contributed by atoms with Gasteiger partial charge in [-0.15, -0.1) is 22.7 Å². The first-order valence-electron chi connectivity index (χ1n) is 5.12. The van der Waals surface area contributed by atoms with E-state index < -0.39 is 6.17 Å². The van der Waals surface area contributed by atoms with Crippen LogP contribution in [0.4, 0.5) is 4.39 Å². The Morgan fingerprint density at radius 2 is 2.06 bits per heavy atom. The Balaban J connectivity index is 2.27. The van der Waals surface area contributed by atoms with Crippen LogP contribution >= 0.6 is 22.7 Å². The lowest BCUT2D eigenvalue weighted by molar-refractivity contribution is 0.161. The Morgan fingerprint density at radius 1 is 1.31 bits per heavy atom. The molecule has 86 valence electrons. The molecule has 0 amide bonds. The van der Waals surface area contributed by atoms with Gasteiger partial charge in [0.25, 0.3) is 0 Å². The molecule has 2 rings (SSSR count). The molecule has 2 aromatic heterocycles. The molecule has 1 nitrogen and oxygen atoms in total. The van der Waals surface area contributed by atoms with Crippen LogP contribution in [-0.2, 0) is 0 Å². The molecule has 2 aromatic rings. The van der Waals surface area contributed by atoms with E-state index in [-0.39, 0.29) is 5.41 Å². The summed E-state index contributed by atoms with van der Waals surface area (Å²) in [6.07, 6.45) is -1.00. The highest BCUT2D eigenvalue weighted by atomic mass is 32.1. The third-order valence-electron chi connectivity index (χ3n) is 2.27. The number of thiophene rings is 1. The van der Waals surface area contributed by atoms with Gasteiger partial charge in [-0.05, 0) is 16.9 Å². The van der Waals surface area contributed by atoms with Gasteiger partial charge in [0, 0.05) is 5.38 Å². The molecular weight excluding hydrogens is 241 g/mol. The lowest BCUT2D eigenvalue weighted by Gasteiger charge is -2.21. The Kier molecular flexibility index (Phi) is 3.13. The van der Waals surface area contributed by atoms with E-state index in [0.29, 0.717) is 5.69 Å². The van der Waals surface area contributed by atoms with E-state index in [0.717, 1.165) is 9.88 Å². The van der Waals surface area contributed by atoms with Crippen molar-refractivity contribution in [3.05, 3.63) is 28.6 Å². The number of hydrogen-bond donors (Lipinski definition) is 0. The van der Waals surface area contributed by atoms with E-state index >= 15 is 0 Å². The highest BCUT2D eigenvalue weighted by molar-refractivity contribution is 7.20. The minimum atomic E-state index is -1.00. The van der Waals surface area contributed by atoms with Crippen LogP contribution in [0, 0.1) is 5.41 Å². The molecule has 1 unspecified atom stereocenters. The number of alkyl halides is 1. The van der Waals surface area contributed by atoms with Crippen molar-refractivity contribution in [1.29, 1.82) is 0 Å². The van der Waals surface area contributed by atoms with Crippen molar-refractivity contribution in [3.63, 3.8) is 0 Å². The number of aromatic nitrogens is 1. The molecule has 0 N–H and O–H groups in total. The van der Waals surface area contributed by atoms with Gasteiger partial charge in [-0.1, -0.05) is 26.8 Å². The van der Waals surface area contributed by atoms with Crippen molar-refractivity contribution in [2.24, 2.45) is 5.41 Å². The van der Waals surface area contributed by atoms with Crippen LogP contribution in [0.5, 0.6) is 0 Å². The summed E-state index contributed by atoms with van der Waals surface area (Å²) in [7, 11) is 0. The van der Waals surface area contributed by atoms with Crippen LogP contribution < -0.4 is 0 Å². The Hall–Kier alpha value is -0.740. The van der Waals surface area contributed by atoms with Crippen molar-refractivity contribution in [3.8, 4) is 9.88 Å². The summed E-state index contributed by atoms with van der Waals surface area (Å²) in [5.74, 6) is 0. The number of thiazole rings is 1. The SMILES string of the molecule is CC(C)(C)C(F)c1csc(-c2cccs2)n1. The molecule has 1 atom stereocenters. The molecule has 0 saturated heterocycles. The second kappa shape index (κ2) is 4.26. The maximum Gasteiger partial charge on any atom is 0.148 e. The molecule has 0 fully saturated rings. The third kappa shape index (κ3) is 2.33. The topological polar surface area (TPSA) is 12.9 Å². The van der Waals surface area contributed by atoms with Crippen LogP contribution in [0.3, 0.4) is 0 Å². The van der Waals surface area contributed by atoms with Crippen molar-refractivity contribution in [2.45, 2.75) is 26.9 Å². The van der Waals surface area contributed by atoms with Crippen molar-refractivity contribution in [1.82, 2.24) is 4.98 Å². The molecule has 0 aliphatic heterocycles. The highest BCUT2D eigenvalue weighted by Crippen LogP contribution is 2.38. The molecule has 4 heteroatoms. The van der Waals surface area contributed by atoms with Crippen LogP contribution in [0.1, 0.15) is 32.6 Å². The molecule has 0 aliphatic rings. The molecule has 0 bridgehead atoms. The molecule has 0 saturated carbocycles. The predicted molar refractivity (Wildman–Crippen MR) is 68.7 cm³/mol. The summed E-state index contributed by atoms with van der Waals surface area (Å²) in [6.45, 7) is 5.67. The normalized spacial score (nSPS) is 14.0. The maximum absolute atomic E-state index is 14.0. The van der Waals surface area contributed by atoms with Crippen molar-refractivity contribution >= 4 is 22.7 Å². The number of nitrogens with zero attached hydrogens (tertiary/aromatic N) is 1. The largest absolute Gasteiger partial charge is 0.240 e. The zero-order valence-corrected chi connectivity index (χ0v) is 11.2. The summed E-state index contributed by atoms with van der Waals surface area (Å²) in [4.78, 5) is 5.48. The lowest BCUT2D eigenvalue weighted by Crippen LogP contribution is -2.14. The Labute approximate surface area is 103 Å². The van der Waals surface area contributed by atoms with Gasteiger partial charge in [-0.2, -0.15) is 0 Å². The minimum absolute atomic E-state index is 0.388. The third-order valence-corrected chi connectivity index (χ3v) is 4.17. The first kappa shape index (κ1) is 11.7. The molecule has 0 aromatic carbocycles. The Bertz CT molecular complexity index is 454. The van der Waals surface area contributed by atoms with Gasteiger partial charge in [0.1, 0.15) is 11.2 Å². The fraction of sp³-hybridized carbons (Fsp3) is 0.417. The van der Waals surface area contributed by atoms with Crippen LogP contribution in [0.2, 0.25) is 0 Å². The summed E-state index contributed by atoms with van der Waals surface area (Å²) in [6, 6.07) is 4.00.